The van der Waals surface area contributed by atoms with Crippen molar-refractivity contribution in [1.29, 1.82) is 5.26 Å². The molecule has 0 rings (SSSR count). The van der Waals surface area contributed by atoms with E-state index in [4.69, 9.17) is 11.0 Å². The summed E-state index contributed by atoms with van der Waals surface area (Å²) in [5, 5.41) is 10.1. The van der Waals surface area contributed by atoms with Gasteiger partial charge >= 0.3 is 0 Å². The summed E-state index contributed by atoms with van der Waals surface area (Å²) in [5.41, 5.74) is 5.07. The fourth-order valence-electron chi connectivity index (χ4n) is 0.102. The number of nitrogens with two attached hydrogens (primary N) is 1. The minimum Gasteiger partial charge on any atom is -0.311 e. The third-order valence-corrected chi connectivity index (χ3v) is 0.292. The second-order valence-electron chi connectivity index (χ2n) is 1.04. The number of nitriles is 1. The molecule has 0 heterocycles. The zero-order chi connectivity index (χ0) is 4.99. The summed E-state index contributed by atoms with van der Waals surface area (Å²) < 4.78 is 0. The molecular formula is C3H7N3. The number of hydrogen-bond donors (Lipinski definition) is 2. The SMILES string of the molecule is CC(N)NC#N. The summed E-state index contributed by atoms with van der Waals surface area (Å²) in [6, 6.07) is 0. The van der Waals surface area contributed by atoms with E-state index in [1.54, 1.807) is 13.1 Å². The highest BCUT2D eigenvalue weighted by atomic mass is 15.0. The van der Waals surface area contributed by atoms with Gasteiger partial charge in [-0.05, 0) is 6.92 Å². The van der Waals surface area contributed by atoms with Crippen LogP contribution in [-0.4, -0.2) is 6.17 Å². The molecule has 3 nitrogen and oxygen atoms in total. The maximum Gasteiger partial charge on any atom is 0.177 e. The highest BCUT2D eigenvalue weighted by Gasteiger charge is 1.80. The van der Waals surface area contributed by atoms with Gasteiger partial charge in [-0.1, -0.05) is 0 Å². The molecule has 0 aliphatic rings. The van der Waals surface area contributed by atoms with Gasteiger partial charge in [-0.25, -0.2) is 0 Å². The second-order valence-corrected chi connectivity index (χ2v) is 1.04. The number of hydrogen-bond acceptors (Lipinski definition) is 3. The van der Waals surface area contributed by atoms with Gasteiger partial charge in [0.25, 0.3) is 0 Å². The first-order valence-corrected chi connectivity index (χ1v) is 1.67. The van der Waals surface area contributed by atoms with Crippen LogP contribution in [-0.2, 0) is 0 Å². The molecule has 1 atom stereocenters. The molecule has 3 heteroatoms. The molecular weight excluding hydrogens is 78.1 g/mol. The molecule has 0 aliphatic carbocycles. The van der Waals surface area contributed by atoms with Crippen LogP contribution in [0.2, 0.25) is 0 Å². The molecule has 0 spiro atoms. The molecule has 0 amide bonds. The molecule has 3 N–H and O–H groups in total. The van der Waals surface area contributed by atoms with E-state index in [1.165, 1.54) is 0 Å². The molecule has 6 heavy (non-hydrogen) atoms. The van der Waals surface area contributed by atoms with E-state index in [0.717, 1.165) is 0 Å². The highest BCUT2D eigenvalue weighted by Crippen LogP contribution is 1.56. The lowest BCUT2D eigenvalue weighted by Gasteiger charge is -1.94. The van der Waals surface area contributed by atoms with Gasteiger partial charge in [-0.3, -0.25) is 0 Å². The lowest BCUT2D eigenvalue weighted by molar-refractivity contribution is 0.681. The van der Waals surface area contributed by atoms with Gasteiger partial charge in [0.2, 0.25) is 0 Å². The Hall–Kier alpha value is -0.750. The lowest BCUT2D eigenvalue weighted by atomic mass is 10.6. The summed E-state index contributed by atoms with van der Waals surface area (Å²) in [6.07, 6.45) is 1.48. The molecule has 0 aromatic carbocycles. The largest absolute Gasteiger partial charge is 0.311 e. The van der Waals surface area contributed by atoms with Crippen LogP contribution in [0.4, 0.5) is 0 Å². The molecule has 0 saturated heterocycles. The van der Waals surface area contributed by atoms with Crippen LogP contribution in [0.1, 0.15) is 6.92 Å². The van der Waals surface area contributed by atoms with Crippen LogP contribution in [0.25, 0.3) is 0 Å². The first-order valence-electron chi connectivity index (χ1n) is 1.67. The van der Waals surface area contributed by atoms with Crippen molar-refractivity contribution in [1.82, 2.24) is 5.32 Å². The Balaban J connectivity index is 2.88. The van der Waals surface area contributed by atoms with E-state index in [1.807, 2.05) is 0 Å². The Bertz CT molecular complexity index is 60.9. The van der Waals surface area contributed by atoms with Gasteiger partial charge in [-0.2, -0.15) is 5.26 Å². The van der Waals surface area contributed by atoms with Crippen LogP contribution in [0.3, 0.4) is 0 Å². The quantitative estimate of drug-likeness (QED) is 0.253. The Labute approximate surface area is 36.8 Å². The predicted molar refractivity (Wildman–Crippen MR) is 22.4 cm³/mol. The standard InChI is InChI=1S/C3H7N3/c1-3(5)6-2-4/h3,6H,5H2,1H3. The van der Waals surface area contributed by atoms with Crippen LogP contribution < -0.4 is 11.1 Å². The number of rotatable bonds is 1. The normalized spacial score (nSPS) is 12.2. The average molecular weight is 85.1 g/mol. The van der Waals surface area contributed by atoms with Crippen molar-refractivity contribution in [2.24, 2.45) is 5.73 Å². The lowest BCUT2D eigenvalue weighted by Crippen LogP contribution is -2.29. The Morgan fingerprint density at radius 1 is 2.00 bits per heavy atom. The molecule has 1 unspecified atom stereocenters. The van der Waals surface area contributed by atoms with Crippen molar-refractivity contribution >= 4 is 0 Å². The number of nitrogens with one attached hydrogen (secondary N) is 1. The van der Waals surface area contributed by atoms with Gasteiger partial charge in [0.15, 0.2) is 6.19 Å². The summed E-state index contributed by atoms with van der Waals surface area (Å²) in [6.45, 7) is 1.70. The minimum absolute atomic E-state index is 0.213. The molecule has 0 aromatic rings. The van der Waals surface area contributed by atoms with Crippen molar-refractivity contribution in [3.8, 4) is 6.19 Å². The molecule has 0 fully saturated rings. The fourth-order valence-corrected chi connectivity index (χ4v) is 0.102. The summed E-state index contributed by atoms with van der Waals surface area (Å²) in [4.78, 5) is 0. The van der Waals surface area contributed by atoms with Crippen molar-refractivity contribution in [2.45, 2.75) is 13.1 Å². The molecule has 0 saturated carbocycles. The van der Waals surface area contributed by atoms with Crippen molar-refractivity contribution in [3.05, 3.63) is 0 Å². The van der Waals surface area contributed by atoms with E-state index in [9.17, 15) is 0 Å². The van der Waals surface area contributed by atoms with E-state index in [2.05, 4.69) is 5.32 Å². The van der Waals surface area contributed by atoms with Gasteiger partial charge in [0.1, 0.15) is 0 Å². The van der Waals surface area contributed by atoms with E-state index >= 15 is 0 Å². The topological polar surface area (TPSA) is 61.8 Å². The zero-order valence-corrected chi connectivity index (χ0v) is 3.60. The monoisotopic (exact) mass is 85.1 g/mol. The van der Waals surface area contributed by atoms with Crippen LogP contribution in [0.5, 0.6) is 0 Å². The Morgan fingerprint density at radius 3 is 2.50 bits per heavy atom. The predicted octanol–water partition coefficient (Wildman–Crippen LogP) is -0.638. The molecule has 0 aliphatic heterocycles. The molecule has 0 aromatic heterocycles. The Morgan fingerprint density at radius 2 is 2.50 bits per heavy atom. The maximum atomic E-state index is 7.80. The third-order valence-electron chi connectivity index (χ3n) is 0.292. The average Bonchev–Trinajstić information content (AvgIpc) is 1.35. The van der Waals surface area contributed by atoms with Gasteiger partial charge < -0.3 is 11.1 Å². The van der Waals surface area contributed by atoms with Crippen LogP contribution in [0.15, 0.2) is 0 Å². The highest BCUT2D eigenvalue weighted by molar-refractivity contribution is 4.66. The van der Waals surface area contributed by atoms with E-state index < -0.39 is 0 Å². The van der Waals surface area contributed by atoms with Gasteiger partial charge in [-0.15, -0.1) is 0 Å². The van der Waals surface area contributed by atoms with Crippen molar-refractivity contribution < 1.29 is 0 Å². The maximum absolute atomic E-state index is 7.80. The van der Waals surface area contributed by atoms with Gasteiger partial charge in [0, 0.05) is 0 Å². The van der Waals surface area contributed by atoms with Crippen molar-refractivity contribution in [2.75, 3.05) is 0 Å². The smallest absolute Gasteiger partial charge is 0.177 e. The van der Waals surface area contributed by atoms with Crippen molar-refractivity contribution in [3.63, 3.8) is 0 Å². The number of nitrogens with zero attached hydrogens (tertiary/aromatic N) is 1. The molecule has 34 valence electrons. The summed E-state index contributed by atoms with van der Waals surface area (Å²) >= 11 is 0. The molecule has 0 radical (unpaired) electrons. The van der Waals surface area contributed by atoms with E-state index in [-0.39, 0.29) is 6.17 Å². The zero-order valence-electron chi connectivity index (χ0n) is 3.60. The first-order chi connectivity index (χ1) is 2.77. The van der Waals surface area contributed by atoms with Crippen LogP contribution >= 0.6 is 0 Å². The fraction of sp³-hybridized carbons (Fsp3) is 0.667. The van der Waals surface area contributed by atoms with Gasteiger partial charge in [0.05, 0.1) is 6.17 Å². The van der Waals surface area contributed by atoms with E-state index in [0.29, 0.717) is 0 Å². The third kappa shape index (κ3) is 3.25. The summed E-state index contributed by atoms with van der Waals surface area (Å²) in [5.74, 6) is 0. The second kappa shape index (κ2) is 2.49. The minimum atomic E-state index is -0.213. The molecule has 0 bridgehead atoms. The Kier molecular flexibility index (Phi) is 2.17. The van der Waals surface area contributed by atoms with Crippen LogP contribution in [0, 0.1) is 11.5 Å². The first kappa shape index (κ1) is 5.25. The summed E-state index contributed by atoms with van der Waals surface area (Å²) in [7, 11) is 0.